The molecule has 0 bridgehead atoms. The molecule has 3 rings (SSSR count). The van der Waals surface area contributed by atoms with Gasteiger partial charge in [0.25, 0.3) is 0 Å². The van der Waals surface area contributed by atoms with Crippen molar-refractivity contribution in [1.82, 2.24) is 0 Å². The van der Waals surface area contributed by atoms with Gasteiger partial charge in [0, 0.05) is 21.5 Å². The lowest BCUT2D eigenvalue weighted by Gasteiger charge is -2.11. The molecule has 0 fully saturated rings. The van der Waals surface area contributed by atoms with Crippen LogP contribution in [-0.4, -0.2) is 0 Å². The predicted molar refractivity (Wildman–Crippen MR) is 84.1 cm³/mol. The van der Waals surface area contributed by atoms with Crippen LogP contribution in [0.25, 0.3) is 10.8 Å². The van der Waals surface area contributed by atoms with Gasteiger partial charge in [-0.05, 0) is 29.8 Å². The Hall–Kier alpha value is -2.19. The van der Waals surface area contributed by atoms with Crippen LogP contribution in [0, 0.1) is 0 Å². The third-order valence-electron chi connectivity index (χ3n) is 3.23. The molecule has 2 N–H and O–H groups in total. The van der Waals surface area contributed by atoms with Gasteiger partial charge in [-0.15, -0.1) is 0 Å². The predicted octanol–water partition coefficient (Wildman–Crippen LogP) is 4.65. The van der Waals surface area contributed by atoms with Gasteiger partial charge in [-0.1, -0.05) is 48.0 Å². The van der Waals surface area contributed by atoms with Crippen molar-refractivity contribution in [3.8, 4) is 5.75 Å². The number of anilines is 1. The first kappa shape index (κ1) is 12.8. The zero-order chi connectivity index (χ0) is 13.9. The molecule has 0 heterocycles. The average molecular weight is 284 g/mol. The molecule has 2 nitrogen and oxygen atoms in total. The Labute approximate surface area is 122 Å². The Bertz CT molecular complexity index is 738. The van der Waals surface area contributed by atoms with Crippen molar-refractivity contribution in [2.24, 2.45) is 0 Å². The zero-order valence-electron chi connectivity index (χ0n) is 10.8. The molecule has 0 atom stereocenters. The Morgan fingerprint density at radius 2 is 1.55 bits per heavy atom. The molecule has 0 aliphatic carbocycles. The van der Waals surface area contributed by atoms with E-state index in [0.29, 0.717) is 6.61 Å². The maximum atomic E-state index is 5.98. The minimum absolute atomic E-state index is 0.505. The lowest BCUT2D eigenvalue weighted by Crippen LogP contribution is -1.97. The standard InChI is InChI=1S/C17H14ClNO/c18-13-7-5-12(6-8-13)11-20-17-10-9-16(19)14-3-1-2-4-15(14)17/h1-10H,11,19H2. The van der Waals surface area contributed by atoms with E-state index in [1.54, 1.807) is 0 Å². The molecule has 0 amide bonds. The van der Waals surface area contributed by atoms with Crippen molar-refractivity contribution in [1.29, 1.82) is 0 Å². The molecule has 20 heavy (non-hydrogen) atoms. The molecule has 0 unspecified atom stereocenters. The van der Waals surface area contributed by atoms with Crippen LogP contribution in [0.2, 0.25) is 5.02 Å². The number of hydrogen-bond donors (Lipinski definition) is 1. The molecule has 3 aromatic rings. The first-order valence-electron chi connectivity index (χ1n) is 6.38. The van der Waals surface area contributed by atoms with Crippen LogP contribution >= 0.6 is 11.6 Å². The van der Waals surface area contributed by atoms with Gasteiger partial charge in [0.05, 0.1) is 0 Å². The molecular weight excluding hydrogens is 270 g/mol. The number of rotatable bonds is 3. The lowest BCUT2D eigenvalue weighted by atomic mass is 10.1. The number of halogens is 1. The van der Waals surface area contributed by atoms with E-state index in [9.17, 15) is 0 Å². The molecule has 3 heteroatoms. The smallest absolute Gasteiger partial charge is 0.127 e. The Kier molecular flexibility index (Phi) is 3.48. The summed E-state index contributed by atoms with van der Waals surface area (Å²) in [5.41, 5.74) is 7.82. The van der Waals surface area contributed by atoms with Crippen LogP contribution < -0.4 is 10.5 Å². The summed E-state index contributed by atoms with van der Waals surface area (Å²) >= 11 is 5.87. The van der Waals surface area contributed by atoms with Crippen LogP contribution in [-0.2, 0) is 6.61 Å². The van der Waals surface area contributed by atoms with E-state index in [1.807, 2.05) is 60.7 Å². The van der Waals surface area contributed by atoms with Crippen LogP contribution in [0.5, 0.6) is 5.75 Å². The van der Waals surface area contributed by atoms with Crippen molar-refractivity contribution >= 4 is 28.1 Å². The van der Waals surface area contributed by atoms with Gasteiger partial charge >= 0.3 is 0 Å². The largest absolute Gasteiger partial charge is 0.488 e. The minimum Gasteiger partial charge on any atom is -0.488 e. The van der Waals surface area contributed by atoms with E-state index in [4.69, 9.17) is 22.1 Å². The molecule has 3 aromatic carbocycles. The third kappa shape index (κ3) is 2.56. The number of hydrogen-bond acceptors (Lipinski definition) is 2. The first-order chi connectivity index (χ1) is 9.74. The van der Waals surface area contributed by atoms with Crippen molar-refractivity contribution in [2.45, 2.75) is 6.61 Å². The SMILES string of the molecule is Nc1ccc(OCc2ccc(Cl)cc2)c2ccccc12. The van der Waals surface area contributed by atoms with Crippen molar-refractivity contribution in [2.75, 3.05) is 5.73 Å². The fourth-order valence-electron chi connectivity index (χ4n) is 2.16. The van der Waals surface area contributed by atoms with Crippen LogP contribution in [0.4, 0.5) is 5.69 Å². The topological polar surface area (TPSA) is 35.2 Å². The highest BCUT2D eigenvalue weighted by Crippen LogP contribution is 2.30. The molecule has 0 spiro atoms. The molecule has 0 aliphatic rings. The van der Waals surface area contributed by atoms with Gasteiger partial charge < -0.3 is 10.5 Å². The quantitative estimate of drug-likeness (QED) is 0.710. The molecule has 0 aromatic heterocycles. The highest BCUT2D eigenvalue weighted by Gasteiger charge is 2.04. The monoisotopic (exact) mass is 283 g/mol. The third-order valence-corrected chi connectivity index (χ3v) is 3.48. The fourth-order valence-corrected chi connectivity index (χ4v) is 2.29. The van der Waals surface area contributed by atoms with Crippen LogP contribution in [0.3, 0.4) is 0 Å². The summed E-state index contributed by atoms with van der Waals surface area (Å²) in [6, 6.07) is 19.4. The minimum atomic E-state index is 0.505. The lowest BCUT2D eigenvalue weighted by molar-refractivity contribution is 0.310. The van der Waals surface area contributed by atoms with Crippen LogP contribution in [0.15, 0.2) is 60.7 Å². The Morgan fingerprint density at radius 3 is 2.30 bits per heavy atom. The van der Waals surface area contributed by atoms with E-state index in [2.05, 4.69) is 0 Å². The number of benzene rings is 3. The molecule has 0 aliphatic heterocycles. The normalized spacial score (nSPS) is 10.7. The molecule has 0 saturated heterocycles. The van der Waals surface area contributed by atoms with Gasteiger partial charge in [0.1, 0.15) is 12.4 Å². The van der Waals surface area contributed by atoms with Crippen molar-refractivity contribution < 1.29 is 4.74 Å². The second kappa shape index (κ2) is 5.43. The molecule has 100 valence electrons. The average Bonchev–Trinajstić information content (AvgIpc) is 2.49. The maximum absolute atomic E-state index is 5.98. The maximum Gasteiger partial charge on any atom is 0.127 e. The zero-order valence-corrected chi connectivity index (χ0v) is 11.6. The second-order valence-corrected chi connectivity index (χ2v) is 5.05. The van der Waals surface area contributed by atoms with Crippen molar-refractivity contribution in [3.05, 3.63) is 71.2 Å². The summed E-state index contributed by atoms with van der Waals surface area (Å²) < 4.78 is 5.90. The first-order valence-corrected chi connectivity index (χ1v) is 6.76. The summed E-state index contributed by atoms with van der Waals surface area (Å²) in [6.07, 6.45) is 0. The Morgan fingerprint density at radius 1 is 0.850 bits per heavy atom. The summed E-state index contributed by atoms with van der Waals surface area (Å²) in [5.74, 6) is 0.838. The fraction of sp³-hybridized carbons (Fsp3) is 0.0588. The van der Waals surface area contributed by atoms with E-state index in [1.165, 1.54) is 0 Å². The second-order valence-electron chi connectivity index (χ2n) is 4.61. The van der Waals surface area contributed by atoms with E-state index in [-0.39, 0.29) is 0 Å². The highest BCUT2D eigenvalue weighted by atomic mass is 35.5. The highest BCUT2D eigenvalue weighted by molar-refractivity contribution is 6.30. The summed E-state index contributed by atoms with van der Waals surface area (Å²) in [5, 5.41) is 2.77. The van der Waals surface area contributed by atoms with Gasteiger partial charge in [0.15, 0.2) is 0 Å². The number of nitrogen functional groups attached to an aromatic ring is 1. The summed E-state index contributed by atoms with van der Waals surface area (Å²) in [7, 11) is 0. The molecule has 0 radical (unpaired) electrons. The van der Waals surface area contributed by atoms with Gasteiger partial charge in [-0.3, -0.25) is 0 Å². The van der Waals surface area contributed by atoms with Gasteiger partial charge in [-0.2, -0.15) is 0 Å². The number of nitrogens with two attached hydrogens (primary N) is 1. The molecular formula is C17H14ClNO. The number of fused-ring (bicyclic) bond motifs is 1. The van der Waals surface area contributed by atoms with E-state index >= 15 is 0 Å². The van der Waals surface area contributed by atoms with Gasteiger partial charge in [0.2, 0.25) is 0 Å². The van der Waals surface area contributed by atoms with E-state index in [0.717, 1.165) is 32.8 Å². The number of ether oxygens (including phenoxy) is 1. The molecule has 0 saturated carbocycles. The summed E-state index contributed by atoms with van der Waals surface area (Å²) in [4.78, 5) is 0. The Balaban J connectivity index is 1.88. The van der Waals surface area contributed by atoms with Crippen LogP contribution in [0.1, 0.15) is 5.56 Å². The van der Waals surface area contributed by atoms with E-state index < -0.39 is 0 Å². The van der Waals surface area contributed by atoms with Gasteiger partial charge in [-0.25, -0.2) is 0 Å². The summed E-state index contributed by atoms with van der Waals surface area (Å²) in [6.45, 7) is 0.505. The van der Waals surface area contributed by atoms with Crippen molar-refractivity contribution in [3.63, 3.8) is 0 Å².